The van der Waals surface area contributed by atoms with Gasteiger partial charge in [0.15, 0.2) is 0 Å². The first-order valence-corrected chi connectivity index (χ1v) is 6.07. The summed E-state index contributed by atoms with van der Waals surface area (Å²) in [6, 6.07) is 8.40. The fourth-order valence-electron chi connectivity index (χ4n) is 2.59. The summed E-state index contributed by atoms with van der Waals surface area (Å²) >= 11 is 0. The second-order valence-electron chi connectivity index (χ2n) is 5.11. The van der Waals surface area contributed by atoms with Crippen LogP contribution in [0, 0.1) is 18.8 Å². The van der Waals surface area contributed by atoms with Gasteiger partial charge in [0.25, 0.3) is 0 Å². The maximum atomic E-state index is 11.0. The number of rotatable bonds is 3. The average molecular weight is 233 g/mol. The molecule has 92 valence electrons. The molecule has 0 amide bonds. The van der Waals surface area contributed by atoms with Crippen molar-refractivity contribution in [3.8, 4) is 0 Å². The van der Waals surface area contributed by atoms with E-state index in [0.717, 1.165) is 13.1 Å². The minimum Gasteiger partial charge on any atom is -0.481 e. The molecule has 3 heteroatoms. The molecular weight excluding hydrogens is 214 g/mol. The van der Waals surface area contributed by atoms with Gasteiger partial charge in [0.1, 0.15) is 0 Å². The highest BCUT2D eigenvalue weighted by atomic mass is 16.4. The van der Waals surface area contributed by atoms with Crippen molar-refractivity contribution in [3.05, 3.63) is 35.4 Å². The van der Waals surface area contributed by atoms with Crippen LogP contribution in [0.5, 0.6) is 0 Å². The Morgan fingerprint density at radius 1 is 1.47 bits per heavy atom. The second-order valence-corrected chi connectivity index (χ2v) is 5.11. The number of likely N-dealkylation sites (tertiary alicyclic amines) is 1. The molecule has 0 saturated carbocycles. The first-order chi connectivity index (χ1) is 8.06. The highest BCUT2D eigenvalue weighted by Gasteiger charge is 2.34. The molecule has 0 unspecified atom stereocenters. The van der Waals surface area contributed by atoms with Crippen molar-refractivity contribution in [2.45, 2.75) is 20.4 Å². The monoisotopic (exact) mass is 233 g/mol. The van der Waals surface area contributed by atoms with Crippen molar-refractivity contribution >= 4 is 5.97 Å². The molecule has 2 rings (SSSR count). The number of aliphatic carboxylic acids is 1. The van der Waals surface area contributed by atoms with Crippen LogP contribution in [0.25, 0.3) is 0 Å². The highest BCUT2D eigenvalue weighted by molar-refractivity contribution is 5.71. The molecule has 2 atom stereocenters. The van der Waals surface area contributed by atoms with Gasteiger partial charge in [-0.15, -0.1) is 0 Å². The zero-order valence-electron chi connectivity index (χ0n) is 10.4. The van der Waals surface area contributed by atoms with Crippen LogP contribution in [0.2, 0.25) is 0 Å². The van der Waals surface area contributed by atoms with Crippen molar-refractivity contribution in [2.24, 2.45) is 11.8 Å². The lowest BCUT2D eigenvalue weighted by Gasteiger charge is -2.15. The van der Waals surface area contributed by atoms with E-state index >= 15 is 0 Å². The third kappa shape index (κ3) is 2.86. The van der Waals surface area contributed by atoms with E-state index in [4.69, 9.17) is 5.11 Å². The number of carboxylic acids is 1. The molecule has 1 N–H and O–H groups in total. The van der Waals surface area contributed by atoms with Gasteiger partial charge >= 0.3 is 5.97 Å². The van der Waals surface area contributed by atoms with Gasteiger partial charge in [-0.2, -0.15) is 0 Å². The van der Waals surface area contributed by atoms with Gasteiger partial charge in [0, 0.05) is 19.6 Å². The summed E-state index contributed by atoms with van der Waals surface area (Å²) in [5, 5.41) is 9.08. The predicted octanol–water partition coefficient (Wildman–Crippen LogP) is 2.15. The standard InChI is InChI=1S/C14H19NO2/c1-10-4-3-5-12(6-10)8-15-7-11(2)13(9-15)14(16)17/h3-6,11,13H,7-9H2,1-2H3,(H,16,17)/t11-,13-/m1/s1. The fourth-order valence-corrected chi connectivity index (χ4v) is 2.59. The maximum Gasteiger partial charge on any atom is 0.308 e. The number of nitrogens with zero attached hydrogens (tertiary/aromatic N) is 1. The lowest BCUT2D eigenvalue weighted by atomic mass is 9.99. The van der Waals surface area contributed by atoms with E-state index in [2.05, 4.69) is 36.1 Å². The number of hydrogen-bond donors (Lipinski definition) is 1. The van der Waals surface area contributed by atoms with E-state index in [1.807, 2.05) is 6.92 Å². The molecule has 0 aromatic heterocycles. The maximum absolute atomic E-state index is 11.0. The van der Waals surface area contributed by atoms with Crippen LogP contribution < -0.4 is 0 Å². The summed E-state index contributed by atoms with van der Waals surface area (Å²) in [7, 11) is 0. The Hall–Kier alpha value is -1.35. The van der Waals surface area contributed by atoms with Crippen LogP contribution in [-0.4, -0.2) is 29.1 Å². The molecule has 1 aliphatic heterocycles. The van der Waals surface area contributed by atoms with E-state index in [-0.39, 0.29) is 11.8 Å². The van der Waals surface area contributed by atoms with E-state index in [1.54, 1.807) is 0 Å². The third-order valence-corrected chi connectivity index (χ3v) is 3.49. The Kier molecular flexibility index (Phi) is 3.48. The lowest BCUT2D eigenvalue weighted by Crippen LogP contribution is -2.23. The van der Waals surface area contributed by atoms with Crippen LogP contribution in [0.4, 0.5) is 0 Å². The molecule has 1 aromatic carbocycles. The molecule has 1 aromatic rings. The normalized spacial score (nSPS) is 25.1. The van der Waals surface area contributed by atoms with Crippen molar-refractivity contribution < 1.29 is 9.90 Å². The summed E-state index contributed by atoms with van der Waals surface area (Å²) in [4.78, 5) is 13.3. The van der Waals surface area contributed by atoms with Gasteiger partial charge in [0.05, 0.1) is 5.92 Å². The summed E-state index contributed by atoms with van der Waals surface area (Å²) in [6.45, 7) is 6.51. The molecular formula is C14H19NO2. The Balaban J connectivity index is 2.00. The Bertz CT molecular complexity index is 416. The van der Waals surface area contributed by atoms with E-state index < -0.39 is 5.97 Å². The molecule has 1 aliphatic rings. The zero-order valence-corrected chi connectivity index (χ0v) is 10.4. The van der Waals surface area contributed by atoms with E-state index in [0.29, 0.717) is 6.54 Å². The van der Waals surface area contributed by atoms with Gasteiger partial charge in [-0.1, -0.05) is 36.8 Å². The minimum atomic E-state index is -0.663. The van der Waals surface area contributed by atoms with E-state index in [9.17, 15) is 4.79 Å². The first-order valence-electron chi connectivity index (χ1n) is 6.07. The van der Waals surface area contributed by atoms with Crippen LogP contribution >= 0.6 is 0 Å². The first kappa shape index (κ1) is 12.1. The summed E-state index contributed by atoms with van der Waals surface area (Å²) in [5.74, 6) is -0.624. The van der Waals surface area contributed by atoms with Gasteiger partial charge in [-0.3, -0.25) is 9.69 Å². The molecule has 3 nitrogen and oxygen atoms in total. The second kappa shape index (κ2) is 4.88. The largest absolute Gasteiger partial charge is 0.481 e. The Morgan fingerprint density at radius 2 is 2.24 bits per heavy atom. The molecule has 0 aliphatic carbocycles. The smallest absolute Gasteiger partial charge is 0.308 e. The minimum absolute atomic E-state index is 0.209. The SMILES string of the molecule is Cc1cccc(CN2C[C@@H](C)[C@H](C(=O)O)C2)c1. The topological polar surface area (TPSA) is 40.5 Å². The highest BCUT2D eigenvalue weighted by Crippen LogP contribution is 2.24. The number of aryl methyl sites for hydroxylation is 1. The van der Waals surface area contributed by atoms with Gasteiger partial charge < -0.3 is 5.11 Å². The van der Waals surface area contributed by atoms with Crippen molar-refractivity contribution in [1.29, 1.82) is 0 Å². The number of hydrogen-bond acceptors (Lipinski definition) is 2. The van der Waals surface area contributed by atoms with Gasteiger partial charge in [0.2, 0.25) is 0 Å². The average Bonchev–Trinajstić information content (AvgIpc) is 2.59. The van der Waals surface area contributed by atoms with Gasteiger partial charge in [-0.05, 0) is 18.4 Å². The van der Waals surface area contributed by atoms with Crippen molar-refractivity contribution in [1.82, 2.24) is 4.90 Å². The Morgan fingerprint density at radius 3 is 2.82 bits per heavy atom. The lowest BCUT2D eigenvalue weighted by molar-refractivity contribution is -0.142. The van der Waals surface area contributed by atoms with Crippen molar-refractivity contribution in [2.75, 3.05) is 13.1 Å². The van der Waals surface area contributed by atoms with Crippen LogP contribution in [0.3, 0.4) is 0 Å². The Labute approximate surface area is 102 Å². The number of carbonyl (C=O) groups is 1. The molecule has 0 radical (unpaired) electrons. The third-order valence-electron chi connectivity index (χ3n) is 3.49. The summed E-state index contributed by atoms with van der Waals surface area (Å²) in [6.07, 6.45) is 0. The fraction of sp³-hybridized carbons (Fsp3) is 0.500. The molecule has 0 bridgehead atoms. The summed E-state index contributed by atoms with van der Waals surface area (Å²) < 4.78 is 0. The number of benzene rings is 1. The molecule has 17 heavy (non-hydrogen) atoms. The molecule has 1 saturated heterocycles. The number of carboxylic acid groups (broad SMARTS) is 1. The van der Waals surface area contributed by atoms with Crippen molar-refractivity contribution in [3.63, 3.8) is 0 Å². The van der Waals surface area contributed by atoms with E-state index in [1.165, 1.54) is 11.1 Å². The van der Waals surface area contributed by atoms with Crippen LogP contribution in [-0.2, 0) is 11.3 Å². The quantitative estimate of drug-likeness (QED) is 0.869. The predicted molar refractivity (Wildman–Crippen MR) is 66.7 cm³/mol. The molecule has 1 heterocycles. The molecule has 1 fully saturated rings. The molecule has 0 spiro atoms. The van der Waals surface area contributed by atoms with Crippen LogP contribution in [0.15, 0.2) is 24.3 Å². The zero-order chi connectivity index (χ0) is 12.4. The van der Waals surface area contributed by atoms with Gasteiger partial charge in [-0.25, -0.2) is 0 Å². The summed E-state index contributed by atoms with van der Waals surface area (Å²) in [5.41, 5.74) is 2.52. The van der Waals surface area contributed by atoms with Crippen LogP contribution in [0.1, 0.15) is 18.1 Å².